The number of halogens is 1. The van der Waals surface area contributed by atoms with Crippen molar-refractivity contribution in [3.05, 3.63) is 70.2 Å². The van der Waals surface area contributed by atoms with Crippen LogP contribution >= 0.6 is 11.6 Å². The Morgan fingerprint density at radius 2 is 1.78 bits per heavy atom. The number of benzene rings is 2. The van der Waals surface area contributed by atoms with Gasteiger partial charge < -0.3 is 11.1 Å². The molecular weight excluding hydrogens is 244 g/mol. The first-order chi connectivity index (χ1) is 8.72. The zero-order valence-corrected chi connectivity index (χ0v) is 11.1. The maximum Gasteiger partial charge on any atom is 0.0554 e. The van der Waals surface area contributed by atoms with Crippen molar-refractivity contribution < 1.29 is 0 Å². The van der Waals surface area contributed by atoms with E-state index in [0.717, 1.165) is 22.7 Å². The van der Waals surface area contributed by atoms with Crippen molar-refractivity contribution in [3.8, 4) is 0 Å². The average Bonchev–Trinajstić information content (AvgIpc) is 2.40. The van der Waals surface area contributed by atoms with Crippen LogP contribution in [0.3, 0.4) is 0 Å². The van der Waals surface area contributed by atoms with Crippen molar-refractivity contribution in [1.29, 1.82) is 0 Å². The van der Waals surface area contributed by atoms with Gasteiger partial charge in [0, 0.05) is 11.6 Å². The van der Waals surface area contributed by atoms with Crippen LogP contribution < -0.4 is 11.1 Å². The Morgan fingerprint density at radius 1 is 1.11 bits per heavy atom. The Kier molecular flexibility index (Phi) is 4.37. The molecule has 1 atom stereocenters. The number of hydrogen-bond donors (Lipinski definition) is 2. The highest BCUT2D eigenvalue weighted by Gasteiger charge is 2.12. The molecule has 0 aliphatic rings. The Labute approximate surface area is 113 Å². The molecule has 0 radical (unpaired) electrons. The predicted octanol–water partition coefficient (Wildman–Crippen LogP) is 3.11. The molecule has 0 aliphatic carbocycles. The highest BCUT2D eigenvalue weighted by atomic mass is 35.5. The number of hydrogen-bond acceptors (Lipinski definition) is 2. The minimum absolute atomic E-state index is 0.119. The average molecular weight is 261 g/mol. The Bertz CT molecular complexity index is 508. The van der Waals surface area contributed by atoms with Crippen LogP contribution in [0.1, 0.15) is 22.7 Å². The summed E-state index contributed by atoms with van der Waals surface area (Å²) in [4.78, 5) is 0. The van der Waals surface area contributed by atoms with Gasteiger partial charge in [-0.3, -0.25) is 0 Å². The molecule has 0 fully saturated rings. The van der Waals surface area contributed by atoms with E-state index < -0.39 is 0 Å². The van der Waals surface area contributed by atoms with E-state index in [0.29, 0.717) is 0 Å². The first-order valence-electron chi connectivity index (χ1n) is 5.96. The highest BCUT2D eigenvalue weighted by molar-refractivity contribution is 6.30. The summed E-state index contributed by atoms with van der Waals surface area (Å²) >= 11 is 5.89. The maximum atomic E-state index is 6.33. The number of rotatable bonds is 4. The van der Waals surface area contributed by atoms with Gasteiger partial charge in [0.1, 0.15) is 0 Å². The molecule has 0 aliphatic heterocycles. The van der Waals surface area contributed by atoms with Crippen molar-refractivity contribution in [1.82, 2.24) is 5.32 Å². The lowest BCUT2D eigenvalue weighted by atomic mass is 9.95. The van der Waals surface area contributed by atoms with Gasteiger partial charge in [-0.1, -0.05) is 48.0 Å². The van der Waals surface area contributed by atoms with E-state index >= 15 is 0 Å². The van der Waals surface area contributed by atoms with E-state index in [1.807, 2.05) is 43.4 Å². The van der Waals surface area contributed by atoms with Crippen molar-refractivity contribution in [2.45, 2.75) is 12.6 Å². The zero-order valence-electron chi connectivity index (χ0n) is 10.4. The lowest BCUT2D eigenvalue weighted by Gasteiger charge is -2.17. The third-order valence-electron chi connectivity index (χ3n) is 2.99. The van der Waals surface area contributed by atoms with E-state index in [9.17, 15) is 0 Å². The minimum atomic E-state index is -0.119. The Balaban J connectivity index is 2.33. The third kappa shape index (κ3) is 2.91. The predicted molar refractivity (Wildman–Crippen MR) is 76.7 cm³/mol. The van der Waals surface area contributed by atoms with E-state index in [1.165, 1.54) is 5.56 Å². The summed E-state index contributed by atoms with van der Waals surface area (Å²) in [6.07, 6.45) is 0. The van der Waals surface area contributed by atoms with Gasteiger partial charge >= 0.3 is 0 Å². The zero-order chi connectivity index (χ0) is 13.0. The molecule has 3 heteroatoms. The van der Waals surface area contributed by atoms with Gasteiger partial charge in [-0.15, -0.1) is 0 Å². The SMILES string of the molecule is CNCc1ccccc1C(N)c1ccc(Cl)cc1. The van der Waals surface area contributed by atoms with E-state index in [-0.39, 0.29) is 6.04 Å². The Hall–Kier alpha value is -1.35. The molecule has 0 bridgehead atoms. The molecule has 94 valence electrons. The third-order valence-corrected chi connectivity index (χ3v) is 3.24. The molecule has 0 saturated heterocycles. The second-order valence-electron chi connectivity index (χ2n) is 4.26. The summed E-state index contributed by atoms with van der Waals surface area (Å²) < 4.78 is 0. The van der Waals surface area contributed by atoms with Gasteiger partial charge in [0.15, 0.2) is 0 Å². The maximum absolute atomic E-state index is 6.33. The fraction of sp³-hybridized carbons (Fsp3) is 0.200. The largest absolute Gasteiger partial charge is 0.320 e. The molecule has 2 aromatic carbocycles. The van der Waals surface area contributed by atoms with Crippen molar-refractivity contribution in [2.75, 3.05) is 7.05 Å². The van der Waals surface area contributed by atoms with Crippen LogP contribution in [0.15, 0.2) is 48.5 Å². The van der Waals surface area contributed by atoms with Crippen molar-refractivity contribution in [2.24, 2.45) is 5.73 Å². The number of nitrogens with two attached hydrogens (primary N) is 1. The normalized spacial score (nSPS) is 12.4. The standard InChI is InChI=1S/C15H17ClN2/c1-18-10-12-4-2-3-5-14(12)15(17)11-6-8-13(16)9-7-11/h2-9,15,18H,10,17H2,1H3. The van der Waals surface area contributed by atoms with Gasteiger partial charge in [0.2, 0.25) is 0 Å². The molecule has 0 amide bonds. The Morgan fingerprint density at radius 3 is 2.44 bits per heavy atom. The van der Waals surface area contributed by atoms with Crippen LogP contribution in [-0.4, -0.2) is 7.05 Å². The van der Waals surface area contributed by atoms with Crippen molar-refractivity contribution in [3.63, 3.8) is 0 Å². The first kappa shape index (κ1) is 13.1. The molecular formula is C15H17ClN2. The summed E-state index contributed by atoms with van der Waals surface area (Å²) in [7, 11) is 1.94. The lowest BCUT2D eigenvalue weighted by Crippen LogP contribution is -2.16. The molecule has 18 heavy (non-hydrogen) atoms. The fourth-order valence-corrected chi connectivity index (χ4v) is 2.16. The quantitative estimate of drug-likeness (QED) is 0.887. The van der Waals surface area contributed by atoms with Gasteiger partial charge in [-0.05, 0) is 35.9 Å². The van der Waals surface area contributed by atoms with Crippen LogP contribution in [0.5, 0.6) is 0 Å². The fourth-order valence-electron chi connectivity index (χ4n) is 2.04. The second-order valence-corrected chi connectivity index (χ2v) is 4.69. The van der Waals surface area contributed by atoms with Gasteiger partial charge in [-0.2, -0.15) is 0 Å². The molecule has 3 N–H and O–H groups in total. The van der Waals surface area contributed by atoms with E-state index in [2.05, 4.69) is 17.4 Å². The van der Waals surface area contributed by atoms with Crippen LogP contribution in [0, 0.1) is 0 Å². The number of nitrogens with one attached hydrogen (secondary N) is 1. The highest BCUT2D eigenvalue weighted by Crippen LogP contribution is 2.24. The first-order valence-corrected chi connectivity index (χ1v) is 6.33. The molecule has 2 rings (SSSR count). The van der Waals surface area contributed by atoms with E-state index in [1.54, 1.807) is 0 Å². The van der Waals surface area contributed by atoms with Crippen LogP contribution in [0.25, 0.3) is 0 Å². The van der Waals surface area contributed by atoms with Gasteiger partial charge in [0.05, 0.1) is 6.04 Å². The van der Waals surface area contributed by atoms with Crippen LogP contribution in [0.2, 0.25) is 5.02 Å². The second kappa shape index (κ2) is 6.01. The van der Waals surface area contributed by atoms with Gasteiger partial charge in [-0.25, -0.2) is 0 Å². The molecule has 0 heterocycles. The summed E-state index contributed by atoms with van der Waals surface area (Å²) in [6.45, 7) is 0.817. The van der Waals surface area contributed by atoms with Gasteiger partial charge in [0.25, 0.3) is 0 Å². The molecule has 0 saturated carbocycles. The summed E-state index contributed by atoms with van der Waals surface area (Å²) in [5.41, 5.74) is 9.77. The van der Waals surface area contributed by atoms with Crippen molar-refractivity contribution >= 4 is 11.6 Å². The summed E-state index contributed by atoms with van der Waals surface area (Å²) in [6, 6.07) is 15.8. The summed E-state index contributed by atoms with van der Waals surface area (Å²) in [5.74, 6) is 0. The smallest absolute Gasteiger partial charge is 0.0554 e. The summed E-state index contributed by atoms with van der Waals surface area (Å²) in [5, 5.41) is 3.89. The van der Waals surface area contributed by atoms with Crippen LogP contribution in [0.4, 0.5) is 0 Å². The molecule has 1 unspecified atom stereocenters. The topological polar surface area (TPSA) is 38.0 Å². The minimum Gasteiger partial charge on any atom is -0.320 e. The lowest BCUT2D eigenvalue weighted by molar-refractivity contribution is 0.778. The molecule has 2 aromatic rings. The van der Waals surface area contributed by atoms with E-state index in [4.69, 9.17) is 17.3 Å². The monoisotopic (exact) mass is 260 g/mol. The molecule has 0 aromatic heterocycles. The molecule has 0 spiro atoms. The molecule has 2 nitrogen and oxygen atoms in total. The van der Waals surface area contributed by atoms with Crippen LogP contribution in [-0.2, 0) is 6.54 Å².